The van der Waals surface area contributed by atoms with Crippen LogP contribution in [0.25, 0.3) is 0 Å². The molecule has 0 amide bonds. The van der Waals surface area contributed by atoms with Gasteiger partial charge in [0, 0.05) is 12.7 Å². The third kappa shape index (κ3) is 4.05. The zero-order valence-corrected chi connectivity index (χ0v) is 9.93. The summed E-state index contributed by atoms with van der Waals surface area (Å²) < 4.78 is 15.3. The fourth-order valence-corrected chi connectivity index (χ4v) is 1.35. The van der Waals surface area contributed by atoms with Gasteiger partial charge in [-0.05, 0) is 18.2 Å². The van der Waals surface area contributed by atoms with Crippen LogP contribution in [0.15, 0.2) is 18.2 Å². The quantitative estimate of drug-likeness (QED) is 0.732. The first-order valence-electron chi connectivity index (χ1n) is 5.16. The van der Waals surface area contributed by atoms with Crippen LogP contribution in [0.1, 0.15) is 15.9 Å². The molecule has 94 valence electrons. The maximum absolute atomic E-state index is 10.8. The number of rotatable bonds is 7. The van der Waals surface area contributed by atoms with Gasteiger partial charge in [0.1, 0.15) is 5.75 Å². The maximum Gasteiger partial charge on any atom is 0.335 e. The Balaban J connectivity index is 2.72. The Bertz CT molecular complexity index is 375. The average Bonchev–Trinajstić information content (AvgIpc) is 2.34. The van der Waals surface area contributed by atoms with Gasteiger partial charge in [0.05, 0.1) is 32.5 Å². The minimum absolute atomic E-state index is 0.219. The van der Waals surface area contributed by atoms with E-state index in [9.17, 15) is 4.79 Å². The van der Waals surface area contributed by atoms with Gasteiger partial charge in [-0.1, -0.05) is 0 Å². The van der Waals surface area contributed by atoms with E-state index < -0.39 is 5.97 Å². The first-order chi connectivity index (χ1) is 8.19. The minimum Gasteiger partial charge on any atom is -0.496 e. The summed E-state index contributed by atoms with van der Waals surface area (Å²) in [7, 11) is 3.13. The lowest BCUT2D eigenvalue weighted by Gasteiger charge is -2.10. The van der Waals surface area contributed by atoms with Crippen molar-refractivity contribution in [1.29, 1.82) is 0 Å². The second-order valence-electron chi connectivity index (χ2n) is 3.38. The van der Waals surface area contributed by atoms with Crippen molar-refractivity contribution in [2.45, 2.75) is 6.61 Å². The lowest BCUT2D eigenvalue weighted by molar-refractivity contribution is 0.0605. The lowest BCUT2D eigenvalue weighted by atomic mass is 10.1. The Hall–Kier alpha value is -1.59. The fraction of sp³-hybridized carbons (Fsp3) is 0.417. The third-order valence-corrected chi connectivity index (χ3v) is 2.22. The molecule has 0 heterocycles. The van der Waals surface area contributed by atoms with Crippen molar-refractivity contribution in [3.05, 3.63) is 29.3 Å². The van der Waals surface area contributed by atoms with Crippen molar-refractivity contribution in [2.75, 3.05) is 27.4 Å². The molecule has 5 heteroatoms. The Kier molecular flexibility index (Phi) is 5.45. The van der Waals surface area contributed by atoms with Crippen LogP contribution in [0.4, 0.5) is 0 Å². The van der Waals surface area contributed by atoms with E-state index in [1.165, 1.54) is 13.2 Å². The molecule has 0 fully saturated rings. The molecule has 0 aliphatic heterocycles. The van der Waals surface area contributed by atoms with Gasteiger partial charge in [0.2, 0.25) is 0 Å². The number of hydrogen-bond donors (Lipinski definition) is 1. The molecular weight excluding hydrogens is 224 g/mol. The van der Waals surface area contributed by atoms with E-state index in [0.717, 1.165) is 0 Å². The molecule has 17 heavy (non-hydrogen) atoms. The summed E-state index contributed by atoms with van der Waals surface area (Å²) in [6, 6.07) is 4.67. The normalized spacial score (nSPS) is 10.2. The zero-order valence-electron chi connectivity index (χ0n) is 9.93. The largest absolute Gasteiger partial charge is 0.496 e. The van der Waals surface area contributed by atoms with Crippen LogP contribution in [0.2, 0.25) is 0 Å². The van der Waals surface area contributed by atoms with E-state index in [1.54, 1.807) is 19.2 Å². The van der Waals surface area contributed by atoms with E-state index >= 15 is 0 Å². The Labute approximate surface area is 99.9 Å². The van der Waals surface area contributed by atoms with Gasteiger partial charge >= 0.3 is 5.97 Å². The Morgan fingerprint density at radius 2 is 2.06 bits per heavy atom. The zero-order chi connectivity index (χ0) is 12.7. The van der Waals surface area contributed by atoms with E-state index in [4.69, 9.17) is 19.3 Å². The fourth-order valence-electron chi connectivity index (χ4n) is 1.35. The Morgan fingerprint density at radius 1 is 1.29 bits per heavy atom. The summed E-state index contributed by atoms with van der Waals surface area (Å²) in [6.45, 7) is 1.26. The molecule has 0 saturated heterocycles. The number of carbonyl (C=O) groups is 1. The number of hydrogen-bond acceptors (Lipinski definition) is 4. The number of aromatic carboxylic acids is 1. The summed E-state index contributed by atoms with van der Waals surface area (Å²) in [6.07, 6.45) is 0. The Morgan fingerprint density at radius 3 is 2.65 bits per heavy atom. The highest BCUT2D eigenvalue weighted by Gasteiger charge is 2.08. The van der Waals surface area contributed by atoms with Crippen LogP contribution >= 0.6 is 0 Å². The molecular formula is C12H16O5. The first-order valence-corrected chi connectivity index (χ1v) is 5.16. The summed E-state index contributed by atoms with van der Waals surface area (Å²) in [5.41, 5.74) is 0.930. The molecule has 0 bridgehead atoms. The van der Waals surface area contributed by atoms with E-state index in [2.05, 4.69) is 0 Å². The standard InChI is InChI=1S/C12H16O5/c1-15-5-6-17-8-10-7-9(12(13)14)3-4-11(10)16-2/h3-4,7H,5-6,8H2,1-2H3,(H,13,14). The highest BCUT2D eigenvalue weighted by molar-refractivity contribution is 5.88. The number of carboxylic acids is 1. The molecule has 1 rings (SSSR count). The molecule has 1 aromatic carbocycles. The van der Waals surface area contributed by atoms with E-state index in [1.807, 2.05) is 0 Å². The molecule has 0 aliphatic carbocycles. The van der Waals surface area contributed by atoms with Gasteiger partial charge in [0.25, 0.3) is 0 Å². The van der Waals surface area contributed by atoms with Crippen molar-refractivity contribution in [1.82, 2.24) is 0 Å². The molecule has 1 aromatic rings. The van der Waals surface area contributed by atoms with Crippen LogP contribution in [0, 0.1) is 0 Å². The highest BCUT2D eigenvalue weighted by atomic mass is 16.5. The van der Waals surface area contributed by atoms with Crippen LogP contribution in [-0.4, -0.2) is 38.5 Å². The van der Waals surface area contributed by atoms with Crippen LogP contribution < -0.4 is 4.74 Å². The first kappa shape index (κ1) is 13.5. The van der Waals surface area contributed by atoms with Crippen molar-refractivity contribution in [2.24, 2.45) is 0 Å². The SMILES string of the molecule is COCCOCc1cc(C(=O)O)ccc1OC. The highest BCUT2D eigenvalue weighted by Crippen LogP contribution is 2.20. The summed E-state index contributed by atoms with van der Waals surface area (Å²) in [4.78, 5) is 10.8. The summed E-state index contributed by atoms with van der Waals surface area (Å²) in [5, 5.41) is 8.88. The van der Waals surface area contributed by atoms with Crippen LogP contribution in [-0.2, 0) is 16.1 Å². The number of benzene rings is 1. The van der Waals surface area contributed by atoms with Crippen LogP contribution in [0.3, 0.4) is 0 Å². The third-order valence-electron chi connectivity index (χ3n) is 2.22. The second kappa shape index (κ2) is 6.88. The predicted octanol–water partition coefficient (Wildman–Crippen LogP) is 1.56. The maximum atomic E-state index is 10.8. The predicted molar refractivity (Wildman–Crippen MR) is 61.5 cm³/mol. The molecule has 0 atom stereocenters. The van der Waals surface area contributed by atoms with Gasteiger partial charge in [-0.15, -0.1) is 0 Å². The molecule has 5 nitrogen and oxygen atoms in total. The van der Waals surface area contributed by atoms with E-state index in [0.29, 0.717) is 31.1 Å². The molecule has 0 saturated carbocycles. The molecule has 0 aliphatic rings. The monoisotopic (exact) mass is 240 g/mol. The molecule has 0 aromatic heterocycles. The molecule has 0 spiro atoms. The number of ether oxygens (including phenoxy) is 3. The number of carboxylic acid groups (broad SMARTS) is 1. The van der Waals surface area contributed by atoms with Gasteiger partial charge < -0.3 is 19.3 Å². The van der Waals surface area contributed by atoms with Crippen molar-refractivity contribution in [3.8, 4) is 5.75 Å². The molecule has 0 radical (unpaired) electrons. The van der Waals surface area contributed by atoms with Gasteiger partial charge in [-0.25, -0.2) is 4.79 Å². The number of methoxy groups -OCH3 is 2. The topological polar surface area (TPSA) is 65.0 Å². The van der Waals surface area contributed by atoms with Crippen LogP contribution in [0.5, 0.6) is 5.75 Å². The van der Waals surface area contributed by atoms with Crippen molar-refractivity contribution in [3.63, 3.8) is 0 Å². The van der Waals surface area contributed by atoms with Gasteiger partial charge in [0.15, 0.2) is 0 Å². The van der Waals surface area contributed by atoms with Crippen molar-refractivity contribution >= 4 is 5.97 Å². The minimum atomic E-state index is -0.967. The van der Waals surface area contributed by atoms with Gasteiger partial charge in [-0.3, -0.25) is 0 Å². The molecule has 0 unspecified atom stereocenters. The smallest absolute Gasteiger partial charge is 0.335 e. The molecule has 1 N–H and O–H groups in total. The lowest BCUT2D eigenvalue weighted by Crippen LogP contribution is -2.04. The summed E-state index contributed by atoms with van der Waals surface area (Å²) >= 11 is 0. The van der Waals surface area contributed by atoms with Gasteiger partial charge in [-0.2, -0.15) is 0 Å². The summed E-state index contributed by atoms with van der Waals surface area (Å²) in [5.74, 6) is -0.349. The second-order valence-corrected chi connectivity index (χ2v) is 3.38. The van der Waals surface area contributed by atoms with Crippen molar-refractivity contribution < 1.29 is 24.1 Å². The van der Waals surface area contributed by atoms with E-state index in [-0.39, 0.29) is 5.56 Å². The average molecular weight is 240 g/mol.